The third-order valence-electron chi connectivity index (χ3n) is 3.27. The molecule has 3 heteroatoms. The molecule has 1 aromatic carbocycles. The second kappa shape index (κ2) is 6.23. The molecule has 2 aromatic rings. The van der Waals surface area contributed by atoms with Crippen LogP contribution in [0.1, 0.15) is 24.5 Å². The van der Waals surface area contributed by atoms with E-state index in [9.17, 15) is 4.79 Å². The van der Waals surface area contributed by atoms with Crippen molar-refractivity contribution in [3.8, 4) is 0 Å². The van der Waals surface area contributed by atoms with Gasteiger partial charge in [-0.3, -0.25) is 4.79 Å². The van der Waals surface area contributed by atoms with Crippen LogP contribution in [0.3, 0.4) is 0 Å². The third-order valence-corrected chi connectivity index (χ3v) is 3.27. The molecule has 0 aliphatic carbocycles. The minimum atomic E-state index is 0.0673. The molecular formula is C16H20N2O. The number of hydrogen-bond acceptors (Lipinski definition) is 1. The molecule has 0 saturated heterocycles. The molecule has 19 heavy (non-hydrogen) atoms. The number of aromatic nitrogens is 1. The molecule has 2 rings (SSSR count). The van der Waals surface area contributed by atoms with E-state index in [4.69, 9.17) is 0 Å². The van der Waals surface area contributed by atoms with Gasteiger partial charge in [-0.25, -0.2) is 0 Å². The largest absolute Gasteiger partial charge is 0.354 e. The molecule has 0 spiro atoms. The average molecular weight is 256 g/mol. The standard InChI is InChI=1S/C16H20N2O/c1-3-14-8-6-7-13(2)16(14)17-15(19)9-12-18-10-4-5-11-18/h4-8,10-11H,3,9,12H2,1-2H3,(H,17,19). The summed E-state index contributed by atoms with van der Waals surface area (Å²) in [4.78, 5) is 12.0. The van der Waals surface area contributed by atoms with Gasteiger partial charge < -0.3 is 9.88 Å². The lowest BCUT2D eigenvalue weighted by atomic mass is 10.1. The molecule has 0 fully saturated rings. The van der Waals surface area contributed by atoms with Gasteiger partial charge in [0.15, 0.2) is 0 Å². The molecule has 0 aliphatic rings. The molecule has 3 nitrogen and oxygen atoms in total. The first-order valence-electron chi connectivity index (χ1n) is 6.69. The van der Waals surface area contributed by atoms with E-state index in [2.05, 4.69) is 18.3 Å². The minimum Gasteiger partial charge on any atom is -0.354 e. The van der Waals surface area contributed by atoms with Crippen molar-refractivity contribution in [3.63, 3.8) is 0 Å². The third kappa shape index (κ3) is 3.47. The highest BCUT2D eigenvalue weighted by Crippen LogP contribution is 2.21. The summed E-state index contributed by atoms with van der Waals surface area (Å²) in [6.07, 6.45) is 5.36. The lowest BCUT2D eigenvalue weighted by Gasteiger charge is -2.13. The van der Waals surface area contributed by atoms with E-state index >= 15 is 0 Å². The summed E-state index contributed by atoms with van der Waals surface area (Å²) in [5, 5.41) is 3.04. The Morgan fingerprint density at radius 2 is 1.95 bits per heavy atom. The van der Waals surface area contributed by atoms with Crippen LogP contribution in [0.15, 0.2) is 42.7 Å². The maximum atomic E-state index is 12.0. The van der Waals surface area contributed by atoms with Crippen LogP contribution in [0.4, 0.5) is 5.69 Å². The summed E-state index contributed by atoms with van der Waals surface area (Å²) in [7, 11) is 0. The topological polar surface area (TPSA) is 34.0 Å². The lowest BCUT2D eigenvalue weighted by Crippen LogP contribution is -2.16. The molecule has 0 atom stereocenters. The highest BCUT2D eigenvalue weighted by molar-refractivity contribution is 5.92. The monoisotopic (exact) mass is 256 g/mol. The summed E-state index contributed by atoms with van der Waals surface area (Å²) in [5.74, 6) is 0.0673. The first kappa shape index (κ1) is 13.4. The van der Waals surface area contributed by atoms with Crippen LogP contribution in [0, 0.1) is 6.92 Å². The van der Waals surface area contributed by atoms with Crippen molar-refractivity contribution in [1.29, 1.82) is 0 Å². The molecule has 1 heterocycles. The van der Waals surface area contributed by atoms with Gasteiger partial charge in [-0.2, -0.15) is 0 Å². The Labute approximate surface area is 114 Å². The summed E-state index contributed by atoms with van der Waals surface area (Å²) < 4.78 is 2.01. The van der Waals surface area contributed by atoms with Crippen LogP contribution < -0.4 is 5.32 Å². The van der Waals surface area contributed by atoms with Crippen LogP contribution in [0.25, 0.3) is 0 Å². The van der Waals surface area contributed by atoms with E-state index in [1.54, 1.807) is 0 Å². The van der Waals surface area contributed by atoms with Crippen molar-refractivity contribution >= 4 is 11.6 Å². The summed E-state index contributed by atoms with van der Waals surface area (Å²) >= 11 is 0. The first-order chi connectivity index (χ1) is 9.20. The van der Waals surface area contributed by atoms with Gasteiger partial charge in [0.1, 0.15) is 0 Å². The molecule has 0 bridgehead atoms. The number of nitrogens with one attached hydrogen (secondary N) is 1. The van der Waals surface area contributed by atoms with Gasteiger partial charge in [0.2, 0.25) is 5.91 Å². The molecule has 1 N–H and O–H groups in total. The fraction of sp³-hybridized carbons (Fsp3) is 0.312. The fourth-order valence-electron chi connectivity index (χ4n) is 2.15. The SMILES string of the molecule is CCc1cccc(C)c1NC(=O)CCn1cccc1. The quantitative estimate of drug-likeness (QED) is 0.874. The van der Waals surface area contributed by atoms with Gasteiger partial charge in [-0.1, -0.05) is 25.1 Å². The number of aryl methyl sites for hydroxylation is 3. The van der Waals surface area contributed by atoms with E-state index in [-0.39, 0.29) is 5.91 Å². The van der Waals surface area contributed by atoms with Gasteiger partial charge >= 0.3 is 0 Å². The number of nitrogens with zero attached hydrogens (tertiary/aromatic N) is 1. The summed E-state index contributed by atoms with van der Waals surface area (Å²) in [6.45, 7) is 4.84. The molecule has 0 aliphatic heterocycles. The Balaban J connectivity index is 1.99. The molecule has 1 aromatic heterocycles. The van der Waals surface area contributed by atoms with Crippen molar-refractivity contribution < 1.29 is 4.79 Å². The minimum absolute atomic E-state index is 0.0673. The lowest BCUT2D eigenvalue weighted by molar-refractivity contribution is -0.116. The Morgan fingerprint density at radius 1 is 1.21 bits per heavy atom. The van der Waals surface area contributed by atoms with E-state index in [0.29, 0.717) is 13.0 Å². The van der Waals surface area contributed by atoms with Crippen molar-refractivity contribution in [3.05, 3.63) is 53.9 Å². The number of para-hydroxylation sites is 1. The number of anilines is 1. The number of amides is 1. The zero-order valence-electron chi connectivity index (χ0n) is 11.5. The average Bonchev–Trinajstić information content (AvgIpc) is 2.92. The molecule has 0 unspecified atom stereocenters. The molecule has 0 radical (unpaired) electrons. The smallest absolute Gasteiger partial charge is 0.226 e. The predicted octanol–water partition coefficient (Wildman–Crippen LogP) is 3.39. The fourth-order valence-corrected chi connectivity index (χ4v) is 2.15. The van der Waals surface area contributed by atoms with E-state index in [1.807, 2.05) is 48.1 Å². The van der Waals surface area contributed by atoms with Crippen molar-refractivity contribution in [2.45, 2.75) is 33.2 Å². The number of benzene rings is 1. The van der Waals surface area contributed by atoms with E-state index in [0.717, 1.165) is 17.7 Å². The molecule has 1 amide bonds. The van der Waals surface area contributed by atoms with E-state index in [1.165, 1.54) is 5.56 Å². The highest BCUT2D eigenvalue weighted by atomic mass is 16.1. The number of carbonyl (C=O) groups excluding carboxylic acids is 1. The Hall–Kier alpha value is -2.03. The normalized spacial score (nSPS) is 10.4. The van der Waals surface area contributed by atoms with Crippen LogP contribution >= 0.6 is 0 Å². The number of hydrogen-bond donors (Lipinski definition) is 1. The van der Waals surface area contributed by atoms with Crippen LogP contribution in [-0.2, 0) is 17.8 Å². The summed E-state index contributed by atoms with van der Waals surface area (Å²) in [6, 6.07) is 10.1. The zero-order chi connectivity index (χ0) is 13.7. The van der Waals surface area contributed by atoms with Crippen LogP contribution in [0.5, 0.6) is 0 Å². The Kier molecular flexibility index (Phi) is 4.39. The second-order valence-corrected chi connectivity index (χ2v) is 4.68. The molecule has 0 saturated carbocycles. The van der Waals surface area contributed by atoms with Gasteiger partial charge in [0.25, 0.3) is 0 Å². The van der Waals surface area contributed by atoms with E-state index < -0.39 is 0 Å². The molecular weight excluding hydrogens is 236 g/mol. The van der Waals surface area contributed by atoms with Crippen LogP contribution in [-0.4, -0.2) is 10.5 Å². The van der Waals surface area contributed by atoms with Gasteiger partial charge in [0.05, 0.1) is 0 Å². The predicted molar refractivity (Wildman–Crippen MR) is 78.2 cm³/mol. The first-order valence-corrected chi connectivity index (χ1v) is 6.69. The van der Waals surface area contributed by atoms with Crippen molar-refractivity contribution in [2.24, 2.45) is 0 Å². The van der Waals surface area contributed by atoms with Gasteiger partial charge in [-0.15, -0.1) is 0 Å². The molecule has 100 valence electrons. The second-order valence-electron chi connectivity index (χ2n) is 4.68. The Bertz CT molecular complexity index is 544. The van der Waals surface area contributed by atoms with Crippen molar-refractivity contribution in [1.82, 2.24) is 4.57 Å². The van der Waals surface area contributed by atoms with Crippen LogP contribution in [0.2, 0.25) is 0 Å². The number of carbonyl (C=O) groups is 1. The highest BCUT2D eigenvalue weighted by Gasteiger charge is 2.08. The van der Waals surface area contributed by atoms with Crippen molar-refractivity contribution in [2.75, 3.05) is 5.32 Å². The maximum absolute atomic E-state index is 12.0. The van der Waals surface area contributed by atoms with Gasteiger partial charge in [0, 0.05) is 31.0 Å². The Morgan fingerprint density at radius 3 is 2.63 bits per heavy atom. The zero-order valence-corrected chi connectivity index (χ0v) is 11.5. The maximum Gasteiger partial charge on any atom is 0.226 e. The summed E-state index contributed by atoms with van der Waals surface area (Å²) in [5.41, 5.74) is 3.28. The number of rotatable bonds is 5. The van der Waals surface area contributed by atoms with Gasteiger partial charge in [-0.05, 0) is 36.6 Å².